The third-order valence-corrected chi connectivity index (χ3v) is 6.28. The molecule has 2 N–H and O–H groups in total. The summed E-state index contributed by atoms with van der Waals surface area (Å²) >= 11 is 0. The molecule has 1 atom stereocenters. The molecule has 112 valence electrons. The molecule has 2 fully saturated rings. The first kappa shape index (κ1) is 15.2. The Balaban J connectivity index is 2.01. The minimum absolute atomic E-state index is 0.445. The summed E-state index contributed by atoms with van der Waals surface area (Å²) in [6.07, 6.45) is 7.33. The Hall–Kier alpha value is -0.170. The molecular weight excluding hydrogens is 262 g/mol. The van der Waals surface area contributed by atoms with Gasteiger partial charge in [0.25, 0.3) is 10.2 Å². The average Bonchev–Trinajstić information content (AvgIpc) is 2.69. The monoisotopic (exact) mass is 289 g/mol. The molecule has 5 nitrogen and oxygen atoms in total. The van der Waals surface area contributed by atoms with Gasteiger partial charge in [-0.15, -0.1) is 0 Å². The lowest BCUT2D eigenvalue weighted by molar-refractivity contribution is 0.240. The molecule has 0 aromatic heterocycles. The highest BCUT2D eigenvalue weighted by Crippen LogP contribution is 2.24. The Bertz CT molecular complexity index is 362. The molecule has 2 saturated heterocycles. The van der Waals surface area contributed by atoms with Crippen LogP contribution in [0.2, 0.25) is 0 Å². The van der Waals surface area contributed by atoms with Gasteiger partial charge >= 0.3 is 0 Å². The quantitative estimate of drug-likeness (QED) is 0.845. The van der Waals surface area contributed by atoms with E-state index >= 15 is 0 Å². The number of nitrogens with zero attached hydrogens (tertiary/aromatic N) is 2. The maximum absolute atomic E-state index is 12.7. The van der Waals surface area contributed by atoms with Gasteiger partial charge in [-0.25, -0.2) is 0 Å². The molecule has 19 heavy (non-hydrogen) atoms. The van der Waals surface area contributed by atoms with Crippen LogP contribution >= 0.6 is 0 Å². The highest BCUT2D eigenvalue weighted by Gasteiger charge is 2.33. The van der Waals surface area contributed by atoms with E-state index in [1.165, 1.54) is 0 Å². The van der Waals surface area contributed by atoms with Crippen LogP contribution in [-0.2, 0) is 10.2 Å². The summed E-state index contributed by atoms with van der Waals surface area (Å²) in [6, 6.07) is 0. The van der Waals surface area contributed by atoms with Crippen LogP contribution in [0.15, 0.2) is 0 Å². The van der Waals surface area contributed by atoms with E-state index in [1.807, 2.05) is 0 Å². The second-order valence-corrected chi connectivity index (χ2v) is 7.69. The van der Waals surface area contributed by atoms with Gasteiger partial charge in [-0.1, -0.05) is 12.8 Å². The zero-order valence-corrected chi connectivity index (χ0v) is 12.6. The van der Waals surface area contributed by atoms with Gasteiger partial charge in [-0.3, -0.25) is 0 Å². The summed E-state index contributed by atoms with van der Waals surface area (Å²) < 4.78 is 28.7. The van der Waals surface area contributed by atoms with Crippen molar-refractivity contribution in [2.45, 2.75) is 44.9 Å². The number of nitrogens with two attached hydrogens (primary N) is 1. The number of piperidine rings is 1. The second-order valence-electron chi connectivity index (χ2n) is 5.76. The topological polar surface area (TPSA) is 66.6 Å². The van der Waals surface area contributed by atoms with Crippen LogP contribution in [0.4, 0.5) is 0 Å². The molecule has 0 aromatic rings. The van der Waals surface area contributed by atoms with E-state index in [0.29, 0.717) is 38.6 Å². The summed E-state index contributed by atoms with van der Waals surface area (Å²) in [5.41, 5.74) is 5.60. The van der Waals surface area contributed by atoms with Crippen molar-refractivity contribution >= 4 is 10.2 Å². The van der Waals surface area contributed by atoms with Crippen LogP contribution in [0.25, 0.3) is 0 Å². The van der Waals surface area contributed by atoms with Gasteiger partial charge in [0.05, 0.1) is 0 Å². The summed E-state index contributed by atoms with van der Waals surface area (Å²) in [7, 11) is -3.23. The van der Waals surface area contributed by atoms with E-state index in [9.17, 15) is 8.42 Å². The summed E-state index contributed by atoms with van der Waals surface area (Å²) in [5.74, 6) is 0.445. The standard InChI is InChI=1S/C13H27N3O2S/c14-8-7-13-6-5-11-16(12-13)19(17,18)15-9-3-1-2-4-10-15/h13H,1-12,14H2. The predicted octanol–water partition coefficient (Wildman–Crippen LogP) is 1.17. The van der Waals surface area contributed by atoms with Crippen molar-refractivity contribution in [3.63, 3.8) is 0 Å². The van der Waals surface area contributed by atoms with Gasteiger partial charge in [-0.05, 0) is 44.6 Å². The van der Waals surface area contributed by atoms with Crippen molar-refractivity contribution < 1.29 is 8.42 Å². The maximum Gasteiger partial charge on any atom is 0.281 e. The van der Waals surface area contributed by atoms with Gasteiger partial charge in [0.1, 0.15) is 0 Å². The Morgan fingerprint density at radius 1 is 0.947 bits per heavy atom. The first-order valence-corrected chi connectivity index (χ1v) is 8.99. The van der Waals surface area contributed by atoms with Crippen molar-refractivity contribution in [3.05, 3.63) is 0 Å². The van der Waals surface area contributed by atoms with Crippen molar-refractivity contribution in [1.29, 1.82) is 0 Å². The van der Waals surface area contributed by atoms with Gasteiger partial charge < -0.3 is 5.73 Å². The minimum atomic E-state index is -3.23. The molecule has 1 unspecified atom stereocenters. The number of hydrogen-bond donors (Lipinski definition) is 1. The Labute approximate surface area is 117 Å². The van der Waals surface area contributed by atoms with E-state index in [-0.39, 0.29) is 0 Å². The molecule has 2 aliphatic heterocycles. The average molecular weight is 289 g/mol. The smallest absolute Gasteiger partial charge is 0.281 e. The summed E-state index contributed by atoms with van der Waals surface area (Å²) in [5, 5.41) is 0. The van der Waals surface area contributed by atoms with E-state index in [4.69, 9.17) is 5.73 Å². The first-order valence-electron chi connectivity index (χ1n) is 7.60. The first-order chi connectivity index (χ1) is 9.14. The predicted molar refractivity (Wildman–Crippen MR) is 76.9 cm³/mol. The van der Waals surface area contributed by atoms with Crippen molar-refractivity contribution in [2.75, 3.05) is 32.7 Å². The van der Waals surface area contributed by atoms with E-state index in [1.54, 1.807) is 8.61 Å². The SMILES string of the molecule is NCCC1CCCN(S(=O)(=O)N2CCCCCC2)C1. The molecular formula is C13H27N3O2S. The van der Waals surface area contributed by atoms with E-state index in [2.05, 4.69) is 0 Å². The molecule has 0 aliphatic carbocycles. The molecule has 2 heterocycles. The van der Waals surface area contributed by atoms with Gasteiger partial charge in [0.2, 0.25) is 0 Å². The van der Waals surface area contributed by atoms with Crippen LogP contribution in [0.5, 0.6) is 0 Å². The van der Waals surface area contributed by atoms with E-state index < -0.39 is 10.2 Å². The van der Waals surface area contributed by atoms with Crippen LogP contribution in [-0.4, -0.2) is 49.8 Å². The van der Waals surface area contributed by atoms with E-state index in [0.717, 1.165) is 44.9 Å². The summed E-state index contributed by atoms with van der Waals surface area (Å²) in [4.78, 5) is 0. The second kappa shape index (κ2) is 7.02. The zero-order chi connectivity index (χ0) is 13.7. The zero-order valence-electron chi connectivity index (χ0n) is 11.8. The Morgan fingerprint density at radius 2 is 1.58 bits per heavy atom. The van der Waals surface area contributed by atoms with Crippen LogP contribution in [0.1, 0.15) is 44.9 Å². The fraction of sp³-hybridized carbons (Fsp3) is 1.00. The molecule has 0 saturated carbocycles. The van der Waals surface area contributed by atoms with Crippen LogP contribution in [0, 0.1) is 5.92 Å². The normalized spacial score (nSPS) is 28.2. The molecule has 2 rings (SSSR count). The van der Waals surface area contributed by atoms with Gasteiger partial charge in [0, 0.05) is 26.2 Å². The number of rotatable bonds is 4. The van der Waals surface area contributed by atoms with Gasteiger partial charge in [-0.2, -0.15) is 17.0 Å². The molecule has 0 radical (unpaired) electrons. The fourth-order valence-electron chi connectivity index (χ4n) is 3.14. The van der Waals surface area contributed by atoms with Crippen molar-refractivity contribution in [2.24, 2.45) is 11.7 Å². The fourth-order valence-corrected chi connectivity index (χ4v) is 4.95. The lowest BCUT2D eigenvalue weighted by Gasteiger charge is -2.35. The molecule has 6 heteroatoms. The molecule has 0 aromatic carbocycles. The largest absolute Gasteiger partial charge is 0.330 e. The third kappa shape index (κ3) is 3.90. The molecule has 2 aliphatic rings. The molecule has 0 amide bonds. The van der Waals surface area contributed by atoms with Crippen molar-refractivity contribution in [3.8, 4) is 0 Å². The van der Waals surface area contributed by atoms with Gasteiger partial charge in [0.15, 0.2) is 0 Å². The lowest BCUT2D eigenvalue weighted by Crippen LogP contribution is -2.48. The third-order valence-electron chi connectivity index (χ3n) is 4.27. The Morgan fingerprint density at radius 3 is 2.21 bits per heavy atom. The lowest BCUT2D eigenvalue weighted by atomic mass is 9.96. The molecule has 0 bridgehead atoms. The minimum Gasteiger partial charge on any atom is -0.330 e. The highest BCUT2D eigenvalue weighted by molar-refractivity contribution is 7.86. The van der Waals surface area contributed by atoms with Crippen molar-refractivity contribution in [1.82, 2.24) is 8.61 Å². The number of hydrogen-bond acceptors (Lipinski definition) is 3. The van der Waals surface area contributed by atoms with Crippen LogP contribution in [0.3, 0.4) is 0 Å². The maximum atomic E-state index is 12.7. The van der Waals surface area contributed by atoms with Crippen LogP contribution < -0.4 is 5.73 Å². The highest BCUT2D eigenvalue weighted by atomic mass is 32.2. The molecule has 0 spiro atoms. The summed E-state index contributed by atoms with van der Waals surface area (Å²) in [6.45, 7) is 3.39. The Kier molecular flexibility index (Phi) is 5.62.